The number of rotatable bonds is 3. The van der Waals surface area contributed by atoms with Crippen LogP contribution in [0, 0.1) is 13.8 Å². The number of nitrogens with one attached hydrogen (secondary N) is 1. The zero-order valence-corrected chi connectivity index (χ0v) is 12.3. The van der Waals surface area contributed by atoms with E-state index in [2.05, 4.69) is 5.32 Å². The summed E-state index contributed by atoms with van der Waals surface area (Å²) in [7, 11) is 0. The van der Waals surface area contributed by atoms with E-state index in [-0.39, 0.29) is 12.1 Å². The van der Waals surface area contributed by atoms with Gasteiger partial charge < -0.3 is 5.32 Å². The van der Waals surface area contributed by atoms with Gasteiger partial charge in [0.1, 0.15) is 0 Å². The molecule has 2 aromatic carbocycles. The second-order valence-corrected chi connectivity index (χ2v) is 5.16. The first-order valence-electron chi connectivity index (χ1n) is 6.79. The molecule has 0 unspecified atom stereocenters. The molecule has 0 aliphatic heterocycles. The van der Waals surface area contributed by atoms with E-state index < -0.39 is 17.6 Å². The summed E-state index contributed by atoms with van der Waals surface area (Å²) >= 11 is 0. The van der Waals surface area contributed by atoms with E-state index in [1.54, 1.807) is 0 Å². The summed E-state index contributed by atoms with van der Waals surface area (Å²) in [5, 5.41) is 2.55. The van der Waals surface area contributed by atoms with Gasteiger partial charge in [-0.1, -0.05) is 35.9 Å². The lowest BCUT2D eigenvalue weighted by Gasteiger charge is -2.13. The predicted molar refractivity (Wildman–Crippen MR) is 78.5 cm³/mol. The van der Waals surface area contributed by atoms with Crippen LogP contribution in [0.1, 0.15) is 32.6 Å². The Morgan fingerprint density at radius 3 is 2.41 bits per heavy atom. The van der Waals surface area contributed by atoms with Crippen molar-refractivity contribution >= 4 is 5.91 Å². The fraction of sp³-hybridized carbons (Fsp3) is 0.235. The summed E-state index contributed by atoms with van der Waals surface area (Å²) < 4.78 is 38.7. The van der Waals surface area contributed by atoms with Gasteiger partial charge in [-0.2, -0.15) is 13.2 Å². The molecule has 2 rings (SSSR count). The van der Waals surface area contributed by atoms with E-state index in [0.29, 0.717) is 0 Å². The van der Waals surface area contributed by atoms with Crippen LogP contribution in [0.5, 0.6) is 0 Å². The summed E-state index contributed by atoms with van der Waals surface area (Å²) in [6, 6.07) is 10.5. The highest BCUT2D eigenvalue weighted by atomic mass is 19.4. The van der Waals surface area contributed by atoms with Crippen LogP contribution in [0.4, 0.5) is 13.2 Å². The summed E-state index contributed by atoms with van der Waals surface area (Å²) in [5.41, 5.74) is 1.68. The maximum absolute atomic E-state index is 12.9. The van der Waals surface area contributed by atoms with Gasteiger partial charge in [0.05, 0.1) is 11.1 Å². The van der Waals surface area contributed by atoms with Crippen molar-refractivity contribution in [3.05, 3.63) is 70.3 Å². The smallest absolute Gasteiger partial charge is 0.348 e. The number of aryl methyl sites for hydroxylation is 2. The van der Waals surface area contributed by atoms with Crippen LogP contribution >= 0.6 is 0 Å². The molecule has 0 fully saturated rings. The van der Waals surface area contributed by atoms with Crippen molar-refractivity contribution in [1.29, 1.82) is 0 Å². The fourth-order valence-electron chi connectivity index (χ4n) is 2.24. The number of amides is 1. The minimum atomic E-state index is -4.55. The van der Waals surface area contributed by atoms with E-state index in [4.69, 9.17) is 0 Å². The lowest BCUT2D eigenvalue weighted by atomic mass is 10.0. The normalized spacial score (nSPS) is 11.3. The molecule has 1 N–H and O–H groups in total. The van der Waals surface area contributed by atoms with Crippen molar-refractivity contribution in [3.8, 4) is 0 Å². The van der Waals surface area contributed by atoms with Crippen molar-refractivity contribution in [3.63, 3.8) is 0 Å². The molecule has 0 heterocycles. The third-order valence-electron chi connectivity index (χ3n) is 3.41. The highest BCUT2D eigenvalue weighted by Crippen LogP contribution is 2.31. The SMILES string of the molecule is Cc1ccc(CNC(=O)c2ccccc2C(F)(F)F)c(C)c1. The maximum atomic E-state index is 12.9. The Balaban J connectivity index is 2.17. The quantitative estimate of drug-likeness (QED) is 0.902. The van der Waals surface area contributed by atoms with Gasteiger partial charge in [-0.3, -0.25) is 4.79 Å². The Labute approximate surface area is 127 Å². The molecule has 0 atom stereocenters. The largest absolute Gasteiger partial charge is 0.417 e. The van der Waals surface area contributed by atoms with Gasteiger partial charge in [-0.05, 0) is 37.1 Å². The first kappa shape index (κ1) is 16.1. The molecule has 0 spiro atoms. The summed E-state index contributed by atoms with van der Waals surface area (Å²) in [5.74, 6) is -0.729. The number of alkyl halides is 3. The van der Waals surface area contributed by atoms with E-state index in [0.717, 1.165) is 22.8 Å². The molecule has 22 heavy (non-hydrogen) atoms. The Morgan fingerprint density at radius 1 is 1.09 bits per heavy atom. The third-order valence-corrected chi connectivity index (χ3v) is 3.41. The van der Waals surface area contributed by atoms with Crippen LogP contribution in [0.2, 0.25) is 0 Å². The van der Waals surface area contributed by atoms with Crippen LogP contribution < -0.4 is 5.32 Å². The van der Waals surface area contributed by atoms with Gasteiger partial charge in [0.2, 0.25) is 0 Å². The predicted octanol–water partition coefficient (Wildman–Crippen LogP) is 4.25. The second kappa shape index (κ2) is 6.22. The molecule has 0 aliphatic carbocycles. The van der Waals surface area contributed by atoms with E-state index in [1.807, 2.05) is 32.0 Å². The Bertz CT molecular complexity index is 693. The van der Waals surface area contributed by atoms with Crippen LogP contribution in [0.3, 0.4) is 0 Å². The van der Waals surface area contributed by atoms with Gasteiger partial charge in [-0.15, -0.1) is 0 Å². The van der Waals surface area contributed by atoms with Crippen LogP contribution in [-0.4, -0.2) is 5.91 Å². The average Bonchev–Trinajstić information content (AvgIpc) is 2.45. The highest BCUT2D eigenvalue weighted by molar-refractivity contribution is 5.95. The lowest BCUT2D eigenvalue weighted by molar-refractivity contribution is -0.137. The number of hydrogen-bond donors (Lipinski definition) is 1. The first-order chi connectivity index (χ1) is 10.3. The Morgan fingerprint density at radius 2 is 1.77 bits per heavy atom. The molecule has 0 aromatic heterocycles. The van der Waals surface area contributed by atoms with Gasteiger partial charge in [0, 0.05) is 6.54 Å². The Hall–Kier alpha value is -2.30. The van der Waals surface area contributed by atoms with Gasteiger partial charge in [-0.25, -0.2) is 0 Å². The molecular formula is C17H16F3NO. The molecule has 0 bridgehead atoms. The molecule has 1 amide bonds. The van der Waals surface area contributed by atoms with Crippen molar-refractivity contribution in [1.82, 2.24) is 5.32 Å². The van der Waals surface area contributed by atoms with Gasteiger partial charge >= 0.3 is 6.18 Å². The molecule has 2 aromatic rings. The molecule has 0 saturated heterocycles. The first-order valence-corrected chi connectivity index (χ1v) is 6.79. The number of benzene rings is 2. The van der Waals surface area contributed by atoms with Crippen molar-refractivity contribution < 1.29 is 18.0 Å². The van der Waals surface area contributed by atoms with Crippen molar-refractivity contribution in [2.75, 3.05) is 0 Å². The van der Waals surface area contributed by atoms with Crippen LogP contribution in [0.15, 0.2) is 42.5 Å². The summed E-state index contributed by atoms with van der Waals surface area (Å²) in [6.45, 7) is 4.05. The monoisotopic (exact) mass is 307 g/mol. The third kappa shape index (κ3) is 3.67. The maximum Gasteiger partial charge on any atom is 0.417 e. The fourth-order valence-corrected chi connectivity index (χ4v) is 2.24. The number of carbonyl (C=O) groups excluding carboxylic acids is 1. The standard InChI is InChI=1S/C17H16F3NO/c1-11-7-8-13(12(2)9-11)10-21-16(22)14-5-3-4-6-15(14)17(18,19)20/h3-9H,10H2,1-2H3,(H,21,22). The van der Waals surface area contributed by atoms with E-state index in [1.165, 1.54) is 18.2 Å². The molecule has 0 aliphatic rings. The lowest BCUT2D eigenvalue weighted by Crippen LogP contribution is -2.26. The van der Waals surface area contributed by atoms with Crippen LogP contribution in [0.25, 0.3) is 0 Å². The van der Waals surface area contributed by atoms with Crippen LogP contribution in [-0.2, 0) is 12.7 Å². The number of hydrogen-bond acceptors (Lipinski definition) is 1. The second-order valence-electron chi connectivity index (χ2n) is 5.16. The molecule has 2 nitrogen and oxygen atoms in total. The molecule has 0 saturated carbocycles. The number of carbonyl (C=O) groups is 1. The topological polar surface area (TPSA) is 29.1 Å². The molecular weight excluding hydrogens is 291 g/mol. The number of halogens is 3. The zero-order valence-electron chi connectivity index (χ0n) is 12.3. The van der Waals surface area contributed by atoms with E-state index >= 15 is 0 Å². The van der Waals surface area contributed by atoms with Crippen molar-refractivity contribution in [2.45, 2.75) is 26.6 Å². The molecule has 5 heteroatoms. The van der Waals surface area contributed by atoms with Crippen molar-refractivity contribution in [2.24, 2.45) is 0 Å². The average molecular weight is 307 g/mol. The van der Waals surface area contributed by atoms with E-state index in [9.17, 15) is 18.0 Å². The Kier molecular flexibility index (Phi) is 4.54. The molecule has 0 radical (unpaired) electrons. The highest BCUT2D eigenvalue weighted by Gasteiger charge is 2.34. The minimum absolute atomic E-state index is 0.192. The van der Waals surface area contributed by atoms with Gasteiger partial charge in [0.25, 0.3) is 5.91 Å². The zero-order chi connectivity index (χ0) is 16.3. The summed E-state index contributed by atoms with van der Waals surface area (Å²) in [4.78, 5) is 12.1. The minimum Gasteiger partial charge on any atom is -0.348 e. The molecule has 116 valence electrons. The summed E-state index contributed by atoms with van der Waals surface area (Å²) in [6.07, 6.45) is -4.55. The van der Waals surface area contributed by atoms with Gasteiger partial charge in [0.15, 0.2) is 0 Å².